The molecular weight excluding hydrogens is 364 g/mol. The maximum Gasteiger partial charge on any atom is 0.313 e. The van der Waals surface area contributed by atoms with Crippen molar-refractivity contribution in [3.05, 3.63) is 35.9 Å². The van der Waals surface area contributed by atoms with Crippen molar-refractivity contribution in [1.29, 1.82) is 0 Å². The third-order valence-electron chi connectivity index (χ3n) is 5.42. The smallest absolute Gasteiger partial charge is 0.313 e. The van der Waals surface area contributed by atoms with Crippen LogP contribution in [0.15, 0.2) is 30.3 Å². The molecule has 2 aliphatic rings. The third kappa shape index (κ3) is 4.83. The Morgan fingerprint density at radius 1 is 1.15 bits per heavy atom. The molecule has 0 radical (unpaired) electrons. The van der Waals surface area contributed by atoms with E-state index in [1.54, 1.807) is 12.1 Å². The first-order valence-corrected chi connectivity index (χ1v) is 10.7. The van der Waals surface area contributed by atoms with Gasteiger partial charge in [-0.25, -0.2) is 0 Å². The van der Waals surface area contributed by atoms with Crippen molar-refractivity contribution in [2.45, 2.75) is 44.2 Å². The number of aliphatic carboxylic acids is 1. The van der Waals surface area contributed by atoms with E-state index in [4.69, 9.17) is 5.11 Å². The quantitative estimate of drug-likeness (QED) is 0.698. The Balaban J connectivity index is 1.67. The number of carboxylic acid groups (broad SMARTS) is 1. The maximum atomic E-state index is 13.1. The molecular formula is C20H26N2O4S. The number of nitrogens with zero attached hydrogens (tertiary/aromatic N) is 1. The highest BCUT2D eigenvalue weighted by Crippen LogP contribution is 2.40. The van der Waals surface area contributed by atoms with Gasteiger partial charge in [0, 0.05) is 23.9 Å². The molecule has 1 aliphatic carbocycles. The molecule has 1 aromatic rings. The SMILES string of the molecule is O=C(O)CSCCNC(=O)C1CC2CCCCC2N1C(=O)c1ccccc1. The lowest BCUT2D eigenvalue weighted by atomic mass is 9.84. The summed E-state index contributed by atoms with van der Waals surface area (Å²) in [6.45, 7) is 0.413. The molecule has 3 rings (SSSR count). The van der Waals surface area contributed by atoms with Crippen LogP contribution in [-0.4, -0.2) is 57.9 Å². The summed E-state index contributed by atoms with van der Waals surface area (Å²) in [6, 6.07) is 8.88. The van der Waals surface area contributed by atoms with Crippen LogP contribution in [0.2, 0.25) is 0 Å². The van der Waals surface area contributed by atoms with Crippen molar-refractivity contribution in [2.75, 3.05) is 18.1 Å². The van der Waals surface area contributed by atoms with Gasteiger partial charge in [0.05, 0.1) is 5.75 Å². The second-order valence-corrected chi connectivity index (χ2v) is 8.28. The van der Waals surface area contributed by atoms with E-state index in [2.05, 4.69) is 5.32 Å². The van der Waals surface area contributed by atoms with E-state index < -0.39 is 12.0 Å². The highest BCUT2D eigenvalue weighted by molar-refractivity contribution is 7.99. The van der Waals surface area contributed by atoms with Crippen molar-refractivity contribution in [2.24, 2.45) is 5.92 Å². The van der Waals surface area contributed by atoms with Gasteiger partial charge in [-0.1, -0.05) is 31.0 Å². The first-order chi connectivity index (χ1) is 13.1. The van der Waals surface area contributed by atoms with Gasteiger partial charge in [-0.2, -0.15) is 0 Å². The average molecular weight is 391 g/mol. The third-order valence-corrected chi connectivity index (χ3v) is 6.36. The number of carboxylic acids is 1. The second kappa shape index (κ2) is 9.26. The number of hydrogen-bond acceptors (Lipinski definition) is 4. The highest BCUT2D eigenvalue weighted by Gasteiger charge is 2.47. The van der Waals surface area contributed by atoms with Crippen molar-refractivity contribution >= 4 is 29.5 Å². The van der Waals surface area contributed by atoms with Gasteiger partial charge in [-0.15, -0.1) is 11.8 Å². The van der Waals surface area contributed by atoms with Crippen LogP contribution in [0, 0.1) is 5.92 Å². The molecule has 0 bridgehead atoms. The standard InChI is InChI=1S/C20H26N2O4S/c23-18(24)13-27-11-10-21-19(25)17-12-15-8-4-5-9-16(15)22(17)20(26)14-6-2-1-3-7-14/h1-3,6-7,15-17H,4-5,8-13H2,(H,21,25)(H,23,24). The van der Waals surface area contributed by atoms with Crippen molar-refractivity contribution < 1.29 is 19.5 Å². The fourth-order valence-electron chi connectivity index (χ4n) is 4.24. The van der Waals surface area contributed by atoms with Gasteiger partial charge in [0.25, 0.3) is 5.91 Å². The largest absolute Gasteiger partial charge is 0.481 e. The Bertz CT molecular complexity index is 682. The predicted molar refractivity (Wildman–Crippen MR) is 105 cm³/mol. The number of fused-ring (bicyclic) bond motifs is 1. The second-order valence-electron chi connectivity index (χ2n) is 7.18. The van der Waals surface area contributed by atoms with Crippen LogP contribution in [0.3, 0.4) is 0 Å². The van der Waals surface area contributed by atoms with Gasteiger partial charge in [0.1, 0.15) is 6.04 Å². The summed E-state index contributed by atoms with van der Waals surface area (Å²) in [7, 11) is 0. The number of benzene rings is 1. The minimum Gasteiger partial charge on any atom is -0.481 e. The molecule has 3 atom stereocenters. The summed E-state index contributed by atoms with van der Waals surface area (Å²) in [4.78, 5) is 38.3. The van der Waals surface area contributed by atoms with Gasteiger partial charge in [-0.05, 0) is 37.3 Å². The van der Waals surface area contributed by atoms with Crippen LogP contribution in [0.4, 0.5) is 0 Å². The molecule has 2 amide bonds. The lowest BCUT2D eigenvalue weighted by Crippen LogP contribution is -2.49. The Morgan fingerprint density at radius 3 is 2.63 bits per heavy atom. The minimum atomic E-state index is -0.856. The Kier molecular flexibility index (Phi) is 6.77. The van der Waals surface area contributed by atoms with E-state index in [9.17, 15) is 14.4 Å². The number of nitrogens with one attached hydrogen (secondary N) is 1. The van der Waals surface area contributed by atoms with Gasteiger partial charge >= 0.3 is 5.97 Å². The number of rotatable bonds is 7. The molecule has 2 fully saturated rings. The minimum absolute atomic E-state index is 0.0298. The summed E-state index contributed by atoms with van der Waals surface area (Å²) in [5.74, 6) is -0.0730. The lowest BCUT2D eigenvalue weighted by molar-refractivity contribution is -0.133. The molecule has 0 spiro atoms. The predicted octanol–water partition coefficient (Wildman–Crippen LogP) is 2.39. The Morgan fingerprint density at radius 2 is 1.89 bits per heavy atom. The fraction of sp³-hybridized carbons (Fsp3) is 0.550. The maximum absolute atomic E-state index is 13.1. The Hall–Kier alpha value is -2.02. The zero-order chi connectivity index (χ0) is 19.2. The lowest BCUT2D eigenvalue weighted by Gasteiger charge is -2.33. The monoisotopic (exact) mass is 390 g/mol. The van der Waals surface area contributed by atoms with E-state index in [0.717, 1.165) is 32.1 Å². The number of hydrogen-bond donors (Lipinski definition) is 2. The van der Waals surface area contributed by atoms with Gasteiger partial charge in [0.2, 0.25) is 5.91 Å². The van der Waals surface area contributed by atoms with Crippen molar-refractivity contribution in [3.8, 4) is 0 Å². The summed E-state index contributed by atoms with van der Waals surface area (Å²) in [5.41, 5.74) is 0.624. The molecule has 27 heavy (non-hydrogen) atoms. The van der Waals surface area contributed by atoms with E-state index in [1.807, 2.05) is 23.1 Å². The summed E-state index contributed by atoms with van der Waals surface area (Å²) < 4.78 is 0. The molecule has 1 aliphatic heterocycles. The summed E-state index contributed by atoms with van der Waals surface area (Å²) in [5, 5.41) is 11.6. The number of likely N-dealkylation sites (tertiary alicyclic amines) is 1. The van der Waals surface area contributed by atoms with Gasteiger partial charge in [0.15, 0.2) is 0 Å². The molecule has 1 aromatic carbocycles. The van der Waals surface area contributed by atoms with Crippen molar-refractivity contribution in [1.82, 2.24) is 10.2 Å². The van der Waals surface area contributed by atoms with Crippen molar-refractivity contribution in [3.63, 3.8) is 0 Å². The zero-order valence-electron chi connectivity index (χ0n) is 15.3. The molecule has 3 unspecified atom stereocenters. The number of carbonyl (C=O) groups is 3. The number of amides is 2. The molecule has 1 saturated carbocycles. The van der Waals surface area contributed by atoms with Crippen LogP contribution >= 0.6 is 11.8 Å². The van der Waals surface area contributed by atoms with Crippen LogP contribution in [0.5, 0.6) is 0 Å². The summed E-state index contributed by atoms with van der Waals surface area (Å²) in [6.07, 6.45) is 5.01. The molecule has 1 heterocycles. The molecule has 2 N–H and O–H groups in total. The van der Waals surface area contributed by atoms with E-state index >= 15 is 0 Å². The van der Waals surface area contributed by atoms with Crippen LogP contribution in [-0.2, 0) is 9.59 Å². The number of thioether (sulfide) groups is 1. The molecule has 6 nitrogen and oxygen atoms in total. The summed E-state index contributed by atoms with van der Waals surface area (Å²) >= 11 is 1.28. The van der Waals surface area contributed by atoms with Gasteiger partial charge < -0.3 is 15.3 Å². The zero-order valence-corrected chi connectivity index (χ0v) is 16.1. The first kappa shape index (κ1) is 19.7. The molecule has 1 saturated heterocycles. The Labute approximate surface area is 163 Å². The van der Waals surface area contributed by atoms with E-state index in [0.29, 0.717) is 23.8 Å². The van der Waals surface area contributed by atoms with Crippen LogP contribution < -0.4 is 5.32 Å². The van der Waals surface area contributed by atoms with Crippen LogP contribution in [0.1, 0.15) is 42.5 Å². The van der Waals surface area contributed by atoms with Crippen LogP contribution in [0.25, 0.3) is 0 Å². The first-order valence-electron chi connectivity index (χ1n) is 9.53. The molecule has 146 valence electrons. The fourth-order valence-corrected chi connectivity index (χ4v) is 4.81. The molecule has 0 aromatic heterocycles. The topological polar surface area (TPSA) is 86.7 Å². The van der Waals surface area contributed by atoms with E-state index in [1.165, 1.54) is 11.8 Å². The van der Waals surface area contributed by atoms with Gasteiger partial charge in [-0.3, -0.25) is 14.4 Å². The normalized spacial score (nSPS) is 24.3. The van der Waals surface area contributed by atoms with E-state index in [-0.39, 0.29) is 23.6 Å². The average Bonchev–Trinajstić information content (AvgIpc) is 3.07. The highest BCUT2D eigenvalue weighted by atomic mass is 32.2. The molecule has 7 heteroatoms. The number of carbonyl (C=O) groups excluding carboxylic acids is 2.